The summed E-state index contributed by atoms with van der Waals surface area (Å²) in [6, 6.07) is 16.3. The van der Waals surface area contributed by atoms with Crippen molar-refractivity contribution in [3.05, 3.63) is 63.7 Å². The second-order valence-corrected chi connectivity index (χ2v) is 5.13. The van der Waals surface area contributed by atoms with E-state index in [1.54, 1.807) is 0 Å². The molecule has 3 N–H and O–H groups in total. The van der Waals surface area contributed by atoms with E-state index < -0.39 is 6.04 Å². The Hall–Kier alpha value is -1.40. The zero-order valence-electron chi connectivity index (χ0n) is 9.64. The molecular weight excluding hydrogens is 339 g/mol. The molecule has 1 amide bonds. The van der Waals surface area contributed by atoms with Crippen LogP contribution in [0.3, 0.4) is 0 Å². The highest BCUT2D eigenvalue weighted by Crippen LogP contribution is 2.15. The molecule has 18 heavy (non-hydrogen) atoms. The van der Waals surface area contributed by atoms with Crippen molar-refractivity contribution >= 4 is 34.2 Å². The molecule has 0 saturated carbocycles. The van der Waals surface area contributed by atoms with Crippen LogP contribution in [-0.2, 0) is 4.79 Å². The maximum absolute atomic E-state index is 12.0. The normalized spacial score (nSPS) is 11.9. The van der Waals surface area contributed by atoms with Crippen LogP contribution in [0.2, 0.25) is 0 Å². The Morgan fingerprint density at radius 1 is 1.11 bits per heavy atom. The van der Waals surface area contributed by atoms with Crippen LogP contribution in [0.4, 0.5) is 5.69 Å². The number of carbonyl (C=O) groups is 1. The van der Waals surface area contributed by atoms with Crippen LogP contribution >= 0.6 is 22.6 Å². The van der Waals surface area contributed by atoms with E-state index in [-0.39, 0.29) is 5.91 Å². The van der Waals surface area contributed by atoms with Gasteiger partial charge in [0, 0.05) is 9.26 Å². The van der Waals surface area contributed by atoms with Crippen molar-refractivity contribution in [1.29, 1.82) is 0 Å². The molecule has 0 bridgehead atoms. The van der Waals surface area contributed by atoms with Gasteiger partial charge in [0.2, 0.25) is 5.91 Å². The number of nitrogens with two attached hydrogens (primary N) is 1. The molecular formula is C14H13IN2O. The molecule has 0 aliphatic rings. The second-order valence-electron chi connectivity index (χ2n) is 3.89. The molecule has 2 aromatic carbocycles. The quantitative estimate of drug-likeness (QED) is 0.835. The SMILES string of the molecule is N[C@H](C(=O)Nc1cccc(I)c1)c1ccccc1. The Labute approximate surface area is 120 Å². The van der Waals surface area contributed by atoms with E-state index in [4.69, 9.17) is 5.73 Å². The van der Waals surface area contributed by atoms with Gasteiger partial charge >= 0.3 is 0 Å². The zero-order chi connectivity index (χ0) is 13.0. The lowest BCUT2D eigenvalue weighted by Gasteiger charge is -2.12. The molecule has 0 radical (unpaired) electrons. The van der Waals surface area contributed by atoms with E-state index in [1.165, 1.54) is 0 Å². The average molecular weight is 352 g/mol. The first-order valence-electron chi connectivity index (χ1n) is 5.54. The Balaban J connectivity index is 2.09. The topological polar surface area (TPSA) is 55.1 Å². The summed E-state index contributed by atoms with van der Waals surface area (Å²) in [4.78, 5) is 12.0. The second kappa shape index (κ2) is 5.97. The number of nitrogens with one attached hydrogen (secondary N) is 1. The molecule has 2 aromatic rings. The predicted molar refractivity (Wildman–Crippen MR) is 81.2 cm³/mol. The summed E-state index contributed by atoms with van der Waals surface area (Å²) in [5.74, 6) is -0.205. The molecule has 0 aliphatic carbocycles. The number of amides is 1. The Bertz CT molecular complexity index is 543. The minimum atomic E-state index is -0.649. The monoisotopic (exact) mass is 352 g/mol. The molecule has 0 heterocycles. The first-order valence-corrected chi connectivity index (χ1v) is 6.61. The van der Waals surface area contributed by atoms with Gasteiger partial charge in [-0.3, -0.25) is 4.79 Å². The highest BCUT2D eigenvalue weighted by Gasteiger charge is 2.15. The lowest BCUT2D eigenvalue weighted by molar-refractivity contribution is -0.117. The summed E-state index contributed by atoms with van der Waals surface area (Å²) in [6.07, 6.45) is 0. The van der Waals surface area contributed by atoms with E-state index in [2.05, 4.69) is 27.9 Å². The van der Waals surface area contributed by atoms with Crippen molar-refractivity contribution in [2.24, 2.45) is 5.73 Å². The van der Waals surface area contributed by atoms with Gasteiger partial charge in [-0.05, 0) is 46.4 Å². The standard InChI is InChI=1S/C14H13IN2O/c15-11-7-4-8-12(9-11)17-14(18)13(16)10-5-2-1-3-6-10/h1-9,13H,16H2,(H,17,18)/t13-/m0/s1. The summed E-state index contributed by atoms with van der Waals surface area (Å²) in [7, 11) is 0. The van der Waals surface area contributed by atoms with E-state index >= 15 is 0 Å². The van der Waals surface area contributed by atoms with Crippen molar-refractivity contribution in [2.45, 2.75) is 6.04 Å². The van der Waals surface area contributed by atoms with E-state index in [0.717, 1.165) is 14.8 Å². The Kier molecular flexibility index (Phi) is 4.33. The van der Waals surface area contributed by atoms with Crippen LogP contribution in [0.1, 0.15) is 11.6 Å². The number of halogens is 1. The zero-order valence-corrected chi connectivity index (χ0v) is 11.8. The molecule has 0 aromatic heterocycles. The molecule has 92 valence electrons. The molecule has 0 saturated heterocycles. The molecule has 0 aliphatic heterocycles. The number of hydrogen-bond donors (Lipinski definition) is 2. The van der Waals surface area contributed by atoms with Crippen molar-refractivity contribution in [2.75, 3.05) is 5.32 Å². The summed E-state index contributed by atoms with van der Waals surface area (Å²) in [6.45, 7) is 0. The minimum absolute atomic E-state index is 0.205. The van der Waals surface area contributed by atoms with E-state index in [1.807, 2.05) is 54.6 Å². The fourth-order valence-electron chi connectivity index (χ4n) is 1.60. The lowest BCUT2D eigenvalue weighted by atomic mass is 10.1. The maximum atomic E-state index is 12.0. The van der Waals surface area contributed by atoms with Gasteiger partial charge in [-0.1, -0.05) is 36.4 Å². The van der Waals surface area contributed by atoms with Gasteiger partial charge in [0.05, 0.1) is 0 Å². The molecule has 3 nitrogen and oxygen atoms in total. The van der Waals surface area contributed by atoms with E-state index in [9.17, 15) is 4.79 Å². The smallest absolute Gasteiger partial charge is 0.245 e. The fraction of sp³-hybridized carbons (Fsp3) is 0.0714. The third-order valence-electron chi connectivity index (χ3n) is 2.53. The largest absolute Gasteiger partial charge is 0.324 e. The third kappa shape index (κ3) is 3.30. The summed E-state index contributed by atoms with van der Waals surface area (Å²) >= 11 is 2.20. The van der Waals surface area contributed by atoms with Crippen molar-refractivity contribution < 1.29 is 4.79 Å². The number of carbonyl (C=O) groups excluding carboxylic acids is 1. The van der Waals surface area contributed by atoms with Crippen LogP contribution in [-0.4, -0.2) is 5.91 Å². The minimum Gasteiger partial charge on any atom is -0.324 e. The van der Waals surface area contributed by atoms with E-state index in [0.29, 0.717) is 0 Å². The molecule has 4 heteroatoms. The molecule has 2 rings (SSSR count). The van der Waals surface area contributed by atoms with Gasteiger partial charge in [0.1, 0.15) is 6.04 Å². The third-order valence-corrected chi connectivity index (χ3v) is 3.20. The molecule has 0 unspecified atom stereocenters. The van der Waals surface area contributed by atoms with Gasteiger partial charge in [-0.25, -0.2) is 0 Å². The number of hydrogen-bond acceptors (Lipinski definition) is 2. The first-order chi connectivity index (χ1) is 8.66. The van der Waals surface area contributed by atoms with Crippen LogP contribution in [0, 0.1) is 3.57 Å². The lowest BCUT2D eigenvalue weighted by Crippen LogP contribution is -2.27. The Morgan fingerprint density at radius 2 is 1.83 bits per heavy atom. The molecule has 0 fully saturated rings. The van der Waals surface area contributed by atoms with Crippen molar-refractivity contribution in [1.82, 2.24) is 0 Å². The molecule has 0 spiro atoms. The van der Waals surface area contributed by atoms with Crippen LogP contribution in [0.25, 0.3) is 0 Å². The van der Waals surface area contributed by atoms with Crippen LogP contribution in [0.5, 0.6) is 0 Å². The average Bonchev–Trinajstić information content (AvgIpc) is 2.39. The van der Waals surface area contributed by atoms with Gasteiger partial charge in [0.15, 0.2) is 0 Å². The summed E-state index contributed by atoms with van der Waals surface area (Å²) in [5.41, 5.74) is 7.48. The van der Waals surface area contributed by atoms with Gasteiger partial charge in [0.25, 0.3) is 0 Å². The molecule has 1 atom stereocenters. The number of benzene rings is 2. The van der Waals surface area contributed by atoms with Crippen LogP contribution < -0.4 is 11.1 Å². The summed E-state index contributed by atoms with van der Waals surface area (Å²) in [5, 5.41) is 2.81. The number of anilines is 1. The predicted octanol–water partition coefficient (Wildman–Crippen LogP) is 2.93. The van der Waals surface area contributed by atoms with Gasteiger partial charge in [-0.2, -0.15) is 0 Å². The van der Waals surface area contributed by atoms with Gasteiger partial charge in [-0.15, -0.1) is 0 Å². The fourth-order valence-corrected chi connectivity index (χ4v) is 2.14. The maximum Gasteiger partial charge on any atom is 0.245 e. The highest BCUT2D eigenvalue weighted by molar-refractivity contribution is 14.1. The van der Waals surface area contributed by atoms with Crippen molar-refractivity contribution in [3.8, 4) is 0 Å². The first kappa shape index (κ1) is 13.0. The number of rotatable bonds is 3. The Morgan fingerprint density at radius 3 is 2.50 bits per heavy atom. The van der Waals surface area contributed by atoms with Gasteiger partial charge < -0.3 is 11.1 Å². The van der Waals surface area contributed by atoms with Crippen molar-refractivity contribution in [3.63, 3.8) is 0 Å². The summed E-state index contributed by atoms with van der Waals surface area (Å²) < 4.78 is 1.07. The van der Waals surface area contributed by atoms with Crippen LogP contribution in [0.15, 0.2) is 54.6 Å². The highest BCUT2D eigenvalue weighted by atomic mass is 127.